The third-order valence-corrected chi connectivity index (χ3v) is 7.59. The molecule has 2 aliphatic heterocycles. The van der Waals surface area contributed by atoms with Crippen molar-refractivity contribution in [2.75, 3.05) is 67.0 Å². The molecule has 0 saturated carbocycles. The normalized spacial score (nSPS) is 17.2. The summed E-state index contributed by atoms with van der Waals surface area (Å²) in [6.07, 6.45) is -0.138. The van der Waals surface area contributed by atoms with Gasteiger partial charge in [0.05, 0.1) is 42.4 Å². The number of hydroxylamine groups is 1. The lowest BCUT2D eigenvalue weighted by atomic mass is 10.0. The van der Waals surface area contributed by atoms with Gasteiger partial charge in [-0.3, -0.25) is 14.5 Å². The Hall–Kier alpha value is -4.69. The number of hydrogen-bond acceptors (Lipinski definition) is 9. The summed E-state index contributed by atoms with van der Waals surface area (Å²) in [5, 5.41) is 7.46. The minimum Gasteiger partial charge on any atom is -0.494 e. The minimum atomic E-state index is -4.84. The molecule has 14 heteroatoms. The van der Waals surface area contributed by atoms with Gasteiger partial charge in [-0.15, -0.1) is 6.58 Å². The average molecular weight is 628 g/mol. The first-order valence-electron chi connectivity index (χ1n) is 14.2. The number of hydrogen-bond donors (Lipinski definition) is 2. The van der Waals surface area contributed by atoms with E-state index in [-0.39, 0.29) is 23.9 Å². The number of halogens is 4. The molecular formula is C31H33F4N7O3. The molecule has 2 N–H and O–H groups in total. The van der Waals surface area contributed by atoms with Crippen LogP contribution in [0, 0.1) is 5.82 Å². The van der Waals surface area contributed by atoms with Crippen molar-refractivity contribution in [1.82, 2.24) is 14.9 Å². The SMILES string of the molecule is C=CCN1CCN(c2cc(OC)c(Nc3cc(N4OCC[C@@H]4c4ccc(F)c(C(F)(F)F)c4)ncn3)cc2NC(=O)C=C)CC1. The summed E-state index contributed by atoms with van der Waals surface area (Å²) in [5.41, 5.74) is 0.696. The van der Waals surface area contributed by atoms with E-state index >= 15 is 0 Å². The van der Waals surface area contributed by atoms with E-state index in [4.69, 9.17) is 9.57 Å². The lowest BCUT2D eigenvalue weighted by Crippen LogP contribution is -2.46. The molecule has 2 fully saturated rings. The van der Waals surface area contributed by atoms with Crippen LogP contribution in [0.3, 0.4) is 0 Å². The molecule has 238 valence electrons. The highest BCUT2D eigenvalue weighted by Gasteiger charge is 2.37. The van der Waals surface area contributed by atoms with Crippen LogP contribution >= 0.6 is 0 Å². The van der Waals surface area contributed by atoms with Crippen molar-refractivity contribution < 1.29 is 31.9 Å². The lowest BCUT2D eigenvalue weighted by Gasteiger charge is -2.36. The summed E-state index contributed by atoms with van der Waals surface area (Å²) >= 11 is 0. The predicted molar refractivity (Wildman–Crippen MR) is 163 cm³/mol. The Morgan fingerprint density at radius 3 is 2.58 bits per heavy atom. The molecule has 1 atom stereocenters. The molecule has 2 aliphatic rings. The third-order valence-electron chi connectivity index (χ3n) is 7.59. The van der Waals surface area contributed by atoms with E-state index < -0.39 is 23.6 Å². The number of alkyl halides is 3. The summed E-state index contributed by atoms with van der Waals surface area (Å²) in [6.45, 7) is 11.5. The minimum absolute atomic E-state index is 0.222. The van der Waals surface area contributed by atoms with Crippen LogP contribution in [0.5, 0.6) is 5.75 Å². The van der Waals surface area contributed by atoms with Gasteiger partial charge in [-0.2, -0.15) is 13.2 Å². The van der Waals surface area contributed by atoms with Crippen LogP contribution in [-0.4, -0.2) is 67.2 Å². The molecule has 2 saturated heterocycles. The van der Waals surface area contributed by atoms with Crippen molar-refractivity contribution in [3.8, 4) is 5.75 Å². The fraction of sp³-hybridized carbons (Fsp3) is 0.323. The number of carbonyl (C=O) groups excluding carboxylic acids is 1. The van der Waals surface area contributed by atoms with Crippen molar-refractivity contribution in [2.24, 2.45) is 0 Å². The van der Waals surface area contributed by atoms with Crippen molar-refractivity contribution in [1.29, 1.82) is 0 Å². The molecule has 1 amide bonds. The van der Waals surface area contributed by atoms with E-state index in [9.17, 15) is 22.4 Å². The maximum atomic E-state index is 13.9. The molecule has 0 bridgehead atoms. The number of rotatable bonds is 10. The highest BCUT2D eigenvalue weighted by atomic mass is 19.4. The maximum absolute atomic E-state index is 13.9. The number of amides is 1. The highest BCUT2D eigenvalue weighted by Crippen LogP contribution is 2.41. The van der Waals surface area contributed by atoms with Gasteiger partial charge in [0.2, 0.25) is 5.91 Å². The van der Waals surface area contributed by atoms with Gasteiger partial charge in [0, 0.05) is 51.3 Å². The fourth-order valence-corrected chi connectivity index (χ4v) is 5.37. The van der Waals surface area contributed by atoms with Crippen molar-refractivity contribution in [3.63, 3.8) is 0 Å². The zero-order chi connectivity index (χ0) is 32.1. The molecule has 0 radical (unpaired) electrons. The van der Waals surface area contributed by atoms with Gasteiger partial charge in [0.1, 0.15) is 23.7 Å². The molecule has 1 aromatic heterocycles. The van der Waals surface area contributed by atoms with E-state index in [1.807, 2.05) is 12.1 Å². The first-order chi connectivity index (χ1) is 21.6. The van der Waals surface area contributed by atoms with Crippen LogP contribution in [0.4, 0.5) is 46.3 Å². The van der Waals surface area contributed by atoms with Crippen molar-refractivity contribution in [2.45, 2.75) is 18.6 Å². The fourth-order valence-electron chi connectivity index (χ4n) is 5.37. The Morgan fingerprint density at radius 1 is 1.11 bits per heavy atom. The van der Waals surface area contributed by atoms with E-state index in [0.717, 1.165) is 50.5 Å². The van der Waals surface area contributed by atoms with Crippen LogP contribution in [-0.2, 0) is 15.8 Å². The second-order valence-electron chi connectivity index (χ2n) is 10.4. The molecule has 2 aromatic carbocycles. The Balaban J connectivity index is 1.42. The maximum Gasteiger partial charge on any atom is 0.419 e. The molecule has 0 aliphatic carbocycles. The number of anilines is 5. The predicted octanol–water partition coefficient (Wildman–Crippen LogP) is 5.70. The summed E-state index contributed by atoms with van der Waals surface area (Å²) < 4.78 is 59.8. The number of benzene rings is 2. The van der Waals surface area contributed by atoms with Crippen molar-refractivity contribution in [3.05, 3.63) is 85.0 Å². The Labute approximate surface area is 257 Å². The average Bonchev–Trinajstić information content (AvgIpc) is 3.52. The van der Waals surface area contributed by atoms with E-state index in [1.54, 1.807) is 12.1 Å². The second kappa shape index (κ2) is 13.5. The second-order valence-corrected chi connectivity index (χ2v) is 10.4. The van der Waals surface area contributed by atoms with Gasteiger partial charge < -0.3 is 20.3 Å². The lowest BCUT2D eigenvalue weighted by molar-refractivity contribution is -0.140. The number of piperazine rings is 1. The standard InChI is InChI=1S/C31H33F4N7O3/c1-4-9-40-10-12-41(13-11-40)26-17-27(44-3)24(16-23(26)39-30(43)5-2)38-28-18-29(37-19-36-28)42-25(8-14-45-42)20-6-7-22(32)21(15-20)31(33,34)35/h4-7,15-19,25H,1-2,8-14H2,3H3,(H,39,43)(H,36,37,38)/t25-/m1/s1. The topological polar surface area (TPSA) is 95.1 Å². The molecule has 0 spiro atoms. The van der Waals surface area contributed by atoms with Gasteiger partial charge in [-0.25, -0.2) is 19.4 Å². The van der Waals surface area contributed by atoms with Crippen LogP contribution < -0.4 is 25.3 Å². The number of carbonyl (C=O) groups is 1. The molecular weight excluding hydrogens is 594 g/mol. The van der Waals surface area contributed by atoms with Gasteiger partial charge in [-0.1, -0.05) is 18.7 Å². The van der Waals surface area contributed by atoms with Gasteiger partial charge in [-0.05, 0) is 29.8 Å². The summed E-state index contributed by atoms with van der Waals surface area (Å²) in [7, 11) is 1.53. The van der Waals surface area contributed by atoms with Crippen LogP contribution in [0.15, 0.2) is 68.0 Å². The van der Waals surface area contributed by atoms with Crippen molar-refractivity contribution >= 4 is 34.6 Å². The van der Waals surface area contributed by atoms with E-state index in [2.05, 4.69) is 43.6 Å². The van der Waals surface area contributed by atoms with Crippen LogP contribution in [0.1, 0.15) is 23.6 Å². The Bertz CT molecular complexity index is 1560. The molecule has 45 heavy (non-hydrogen) atoms. The van der Waals surface area contributed by atoms with Crippen LogP contribution in [0.2, 0.25) is 0 Å². The molecule has 5 rings (SSSR count). The number of ether oxygens (including phenoxy) is 1. The van der Waals surface area contributed by atoms with Gasteiger partial charge in [0.15, 0.2) is 5.82 Å². The molecule has 0 unspecified atom stereocenters. The Morgan fingerprint density at radius 2 is 1.89 bits per heavy atom. The van der Waals surface area contributed by atoms with Gasteiger partial charge in [0.25, 0.3) is 0 Å². The molecule has 10 nitrogen and oxygen atoms in total. The monoisotopic (exact) mass is 627 g/mol. The molecule has 3 aromatic rings. The number of nitrogens with zero attached hydrogens (tertiary/aromatic N) is 5. The number of aromatic nitrogens is 2. The number of methoxy groups -OCH3 is 1. The largest absolute Gasteiger partial charge is 0.494 e. The van der Waals surface area contributed by atoms with Gasteiger partial charge >= 0.3 is 6.18 Å². The quantitative estimate of drug-likeness (QED) is 0.167. The highest BCUT2D eigenvalue weighted by molar-refractivity contribution is 6.02. The smallest absolute Gasteiger partial charge is 0.419 e. The summed E-state index contributed by atoms with van der Waals surface area (Å²) in [5.74, 6) is -0.635. The third kappa shape index (κ3) is 7.18. The molecule has 3 heterocycles. The van der Waals surface area contributed by atoms with Crippen LogP contribution in [0.25, 0.3) is 0 Å². The first-order valence-corrected chi connectivity index (χ1v) is 14.2. The van der Waals surface area contributed by atoms with E-state index in [0.29, 0.717) is 29.4 Å². The Kier molecular flexibility index (Phi) is 9.54. The number of nitrogens with one attached hydrogen (secondary N) is 2. The van der Waals surface area contributed by atoms with E-state index in [1.165, 1.54) is 30.6 Å². The zero-order valence-electron chi connectivity index (χ0n) is 24.6. The zero-order valence-corrected chi connectivity index (χ0v) is 24.6. The summed E-state index contributed by atoms with van der Waals surface area (Å²) in [6, 6.07) is 7.41. The summed E-state index contributed by atoms with van der Waals surface area (Å²) in [4.78, 5) is 31.1. The first kappa shape index (κ1) is 31.7.